The molecular formula is C43H69AlN2O5S. The average Bonchev–Trinajstić information content (AvgIpc) is 3.46. The maximum atomic E-state index is 12.3. The zero-order valence-electron chi connectivity index (χ0n) is 33.6. The molecule has 2 N–H and O–H groups in total. The second-order valence-electron chi connectivity index (χ2n) is 20.3. The van der Waals surface area contributed by atoms with Crippen LogP contribution in [-0.4, -0.2) is 90.8 Å². The van der Waals surface area contributed by atoms with E-state index in [9.17, 15) is 18.3 Å². The van der Waals surface area contributed by atoms with Crippen LogP contribution in [-0.2, 0) is 18.4 Å². The molecule has 1 unspecified atom stereocenters. The molecule has 10 atom stereocenters. The van der Waals surface area contributed by atoms with E-state index < -0.39 is 21.2 Å². The van der Waals surface area contributed by atoms with E-state index in [4.69, 9.17) is 3.79 Å². The van der Waals surface area contributed by atoms with Gasteiger partial charge >= 0.3 is 22.6 Å². The number of fused-ring (bicyclic) bond motifs is 7. The molecule has 0 bridgehead atoms. The van der Waals surface area contributed by atoms with Crippen LogP contribution in [0.25, 0.3) is 0 Å². The van der Waals surface area contributed by atoms with E-state index in [0.29, 0.717) is 90.3 Å². The molecular weight excluding hydrogens is 684 g/mol. The highest BCUT2D eigenvalue weighted by Gasteiger charge is 2.70. The first-order chi connectivity index (χ1) is 24.4. The Hall–Kier alpha value is -0.948. The van der Waals surface area contributed by atoms with Crippen LogP contribution < -0.4 is 5.32 Å². The van der Waals surface area contributed by atoms with Gasteiger partial charge in [-0.2, -0.15) is 0 Å². The van der Waals surface area contributed by atoms with Gasteiger partial charge in [0, 0.05) is 38.3 Å². The molecule has 9 heteroatoms. The monoisotopic (exact) mass is 752 g/mol. The minimum Gasteiger partial charge on any atom is -0.505 e. The lowest BCUT2D eigenvalue weighted by Gasteiger charge is -2.72. The maximum absolute atomic E-state index is 12.3. The number of sulfone groups is 1. The molecule has 5 fully saturated rings. The molecule has 0 aromatic heterocycles. The average molecular weight is 753 g/mol. The molecule has 7 aliphatic rings. The summed E-state index contributed by atoms with van der Waals surface area (Å²) in [7, 11) is -2.86. The molecule has 0 aromatic carbocycles. The largest absolute Gasteiger partial charge is 0.505 e. The van der Waals surface area contributed by atoms with Crippen LogP contribution in [0.1, 0.15) is 119 Å². The van der Waals surface area contributed by atoms with Crippen LogP contribution in [0.3, 0.4) is 0 Å². The number of carboxylic acid groups (broad SMARTS) is 1. The van der Waals surface area contributed by atoms with Crippen molar-refractivity contribution in [3.05, 3.63) is 35.5 Å². The Kier molecular flexibility index (Phi) is 10.3. The highest BCUT2D eigenvalue weighted by molar-refractivity contribution is 7.91. The Labute approximate surface area is 323 Å². The molecule has 0 radical (unpaired) electrons. The van der Waals surface area contributed by atoms with Gasteiger partial charge in [-0.3, -0.25) is 4.79 Å². The fraction of sp³-hybridized carbons (Fsp3) is 0.837. The summed E-state index contributed by atoms with van der Waals surface area (Å²) >= 11 is 0.569. The van der Waals surface area contributed by atoms with Crippen molar-refractivity contribution in [3.63, 3.8) is 0 Å². The van der Waals surface area contributed by atoms with Crippen molar-refractivity contribution in [2.24, 2.45) is 56.7 Å². The number of hydrogen-bond acceptors (Lipinski definition) is 6. The van der Waals surface area contributed by atoms with Gasteiger partial charge in [-0.1, -0.05) is 58.9 Å². The Morgan fingerprint density at radius 2 is 1.69 bits per heavy atom. The predicted molar refractivity (Wildman–Crippen MR) is 212 cm³/mol. The fourth-order valence-corrected chi connectivity index (χ4v) is 16.7. The molecule has 1 aliphatic heterocycles. The SMILES string of the molecule is C=C(C)[C@@H]1CC[C@]2(NCCN3CCS(=O)(=O)CC3)CC[C@]3(C)[C@H](CC[C@@H]4[C@@]5(C)CC=C(C6=CCC(C[O][AlH2])(C(=O)O)CC6)C(C)(C)[C@@H]5CC[C@]43C)[C@@H]12. The molecule has 6 aliphatic carbocycles. The zero-order chi connectivity index (χ0) is 37.5. The second-order valence-corrected chi connectivity index (χ2v) is 23.1. The summed E-state index contributed by atoms with van der Waals surface area (Å²) in [4.78, 5) is 14.7. The van der Waals surface area contributed by atoms with E-state index in [2.05, 4.69) is 70.5 Å². The van der Waals surface area contributed by atoms with Crippen LogP contribution >= 0.6 is 0 Å². The highest BCUT2D eigenvalue weighted by atomic mass is 32.2. The first-order valence-electron chi connectivity index (χ1n) is 20.8. The number of nitrogens with one attached hydrogen (secondary N) is 1. The molecule has 0 spiro atoms. The lowest BCUT2D eigenvalue weighted by atomic mass is 9.33. The lowest BCUT2D eigenvalue weighted by molar-refractivity contribution is -0.221. The summed E-state index contributed by atoms with van der Waals surface area (Å²) in [6.07, 6.45) is 18.2. The molecule has 0 amide bonds. The van der Waals surface area contributed by atoms with Crippen molar-refractivity contribution < 1.29 is 22.1 Å². The molecule has 52 heavy (non-hydrogen) atoms. The quantitative estimate of drug-likeness (QED) is 0.194. The normalized spacial score (nSPS) is 45.4. The van der Waals surface area contributed by atoms with Gasteiger partial charge in [-0.15, -0.1) is 0 Å². The first-order valence-corrected chi connectivity index (χ1v) is 23.5. The van der Waals surface area contributed by atoms with Crippen molar-refractivity contribution in [2.75, 3.05) is 44.3 Å². The minimum absolute atomic E-state index is 0.0516. The second kappa shape index (κ2) is 13.6. The van der Waals surface area contributed by atoms with Crippen molar-refractivity contribution in [1.82, 2.24) is 10.2 Å². The van der Waals surface area contributed by atoms with Gasteiger partial charge in [0.1, 0.15) is 0 Å². The van der Waals surface area contributed by atoms with Crippen LogP contribution in [0, 0.1) is 56.7 Å². The molecule has 290 valence electrons. The number of allylic oxidation sites excluding steroid dienone is 5. The standard InChI is InChI=1S/C43H67N2O5S.Al.2H/c1-29(2)31-12-19-43(44-22-23-45-24-26-51(49,50)27-25-45)21-20-40(6)33(36(31)43)8-9-35-39(5)15-13-32(38(3,4)34(39)14-16-41(35,40)7)30-10-17-42(28-46,18-11-30)37(47)48;;;/h10,13,31,33-36,44H,1,8-9,11-12,14-28H2,2-7H3,(H,47,48);;;/q-1;+1;;/t31-,33+,34-,35+,36+,39-,40+,41+,42?,43-;;;/m0.../s1. The first kappa shape index (κ1) is 39.3. The summed E-state index contributed by atoms with van der Waals surface area (Å²) in [5.41, 5.74) is 4.51. The Morgan fingerprint density at radius 1 is 0.962 bits per heavy atom. The molecule has 7 rings (SSSR count). The number of carboxylic acids is 1. The summed E-state index contributed by atoms with van der Waals surface area (Å²) in [5.74, 6) is 3.04. The number of rotatable bonds is 9. The predicted octanol–water partition coefficient (Wildman–Crippen LogP) is 7.00. The molecule has 1 heterocycles. The topological polar surface area (TPSA) is 95.9 Å². The van der Waals surface area contributed by atoms with Gasteiger partial charge in [0.05, 0.1) is 16.9 Å². The Bertz CT molecular complexity index is 1610. The smallest absolute Gasteiger partial charge is 0.410 e. The van der Waals surface area contributed by atoms with Crippen molar-refractivity contribution in [2.45, 2.75) is 124 Å². The molecule has 0 aromatic rings. The zero-order valence-corrected chi connectivity index (χ0v) is 36.4. The van der Waals surface area contributed by atoms with E-state index >= 15 is 0 Å². The molecule has 7 nitrogen and oxygen atoms in total. The van der Waals surface area contributed by atoms with Gasteiger partial charge in [-0.05, 0) is 146 Å². The van der Waals surface area contributed by atoms with Crippen molar-refractivity contribution in [3.8, 4) is 0 Å². The summed E-state index contributed by atoms with van der Waals surface area (Å²) in [6, 6.07) is 0. The fourth-order valence-electron chi connectivity index (χ4n) is 14.8. The van der Waals surface area contributed by atoms with E-state index in [0.717, 1.165) is 25.9 Å². The maximum Gasteiger partial charge on any atom is 0.410 e. The van der Waals surface area contributed by atoms with Crippen LogP contribution in [0.5, 0.6) is 0 Å². The third-order valence-corrected chi connectivity index (χ3v) is 19.7. The number of carbonyl (C=O) groups is 1. The number of hydrogen-bond donors (Lipinski definition) is 2. The van der Waals surface area contributed by atoms with Gasteiger partial charge in [0.15, 0.2) is 9.84 Å². The van der Waals surface area contributed by atoms with Gasteiger partial charge in [0.25, 0.3) is 0 Å². The minimum atomic E-state index is -2.86. The Morgan fingerprint density at radius 3 is 2.33 bits per heavy atom. The number of aliphatic carboxylic acids is 1. The third-order valence-electron chi connectivity index (χ3n) is 17.8. The Balaban J connectivity index is 1.13. The van der Waals surface area contributed by atoms with Gasteiger partial charge < -0.3 is 19.1 Å². The van der Waals surface area contributed by atoms with Crippen LogP contribution in [0.4, 0.5) is 0 Å². The third kappa shape index (κ3) is 6.03. The molecule has 4 saturated carbocycles. The van der Waals surface area contributed by atoms with Gasteiger partial charge in [-0.25, -0.2) is 8.42 Å². The van der Waals surface area contributed by atoms with E-state index in [1.54, 1.807) is 0 Å². The lowest BCUT2D eigenvalue weighted by Crippen LogP contribution is -2.68. The van der Waals surface area contributed by atoms with E-state index in [1.165, 1.54) is 68.1 Å². The summed E-state index contributed by atoms with van der Waals surface area (Å²) in [6.45, 7) is 23.6. The van der Waals surface area contributed by atoms with Crippen molar-refractivity contribution in [1.29, 1.82) is 0 Å². The van der Waals surface area contributed by atoms with Crippen molar-refractivity contribution >= 4 is 32.4 Å². The van der Waals surface area contributed by atoms with E-state index in [-0.39, 0.29) is 27.2 Å². The number of nitrogens with zero attached hydrogens (tertiary/aromatic N) is 1. The van der Waals surface area contributed by atoms with E-state index in [1.807, 2.05) is 0 Å². The van der Waals surface area contributed by atoms with Crippen LogP contribution in [0.2, 0.25) is 0 Å². The summed E-state index contributed by atoms with van der Waals surface area (Å²) in [5, 5.41) is 14.3. The van der Waals surface area contributed by atoms with Crippen LogP contribution in [0.15, 0.2) is 35.5 Å². The summed E-state index contributed by atoms with van der Waals surface area (Å²) < 4.78 is 29.6. The molecule has 1 saturated heterocycles. The van der Waals surface area contributed by atoms with Gasteiger partial charge in [0.2, 0.25) is 0 Å². The highest BCUT2D eigenvalue weighted by Crippen LogP contribution is 2.76.